The van der Waals surface area contributed by atoms with Gasteiger partial charge in [-0.25, -0.2) is 14.6 Å². The van der Waals surface area contributed by atoms with Gasteiger partial charge in [-0.1, -0.05) is 6.92 Å². The molecule has 0 atom stereocenters. The van der Waals surface area contributed by atoms with Gasteiger partial charge in [-0.05, 0) is 45.2 Å². The van der Waals surface area contributed by atoms with E-state index in [1.807, 2.05) is 18.5 Å². The molecule has 1 aliphatic heterocycles. The fraction of sp³-hybridized carbons (Fsp3) is 0.500. The molecule has 0 bridgehead atoms. The lowest BCUT2D eigenvalue weighted by molar-refractivity contribution is -0.141. The average molecular weight is 491 g/mol. The first-order valence-electron chi connectivity index (χ1n) is 11.8. The highest BCUT2D eigenvalue weighted by atomic mass is 19.4. The first-order chi connectivity index (χ1) is 16.7. The quantitative estimate of drug-likeness (QED) is 0.514. The van der Waals surface area contributed by atoms with Crippen LogP contribution >= 0.6 is 0 Å². The minimum atomic E-state index is -4.56. The number of pyridine rings is 2. The van der Waals surface area contributed by atoms with Crippen molar-refractivity contribution >= 4 is 22.6 Å². The van der Waals surface area contributed by atoms with Gasteiger partial charge in [0.25, 0.3) is 5.91 Å². The monoisotopic (exact) mass is 490 g/mol. The number of rotatable bonds is 7. The molecule has 0 spiro atoms. The molecule has 0 aromatic carbocycles. The Morgan fingerprint density at radius 1 is 1.20 bits per heavy atom. The van der Waals surface area contributed by atoms with Gasteiger partial charge in [-0.2, -0.15) is 18.3 Å². The van der Waals surface area contributed by atoms with Crippen molar-refractivity contribution in [3.63, 3.8) is 0 Å². The maximum absolute atomic E-state index is 13.0. The van der Waals surface area contributed by atoms with Crippen molar-refractivity contribution in [1.82, 2.24) is 25.1 Å². The lowest BCUT2D eigenvalue weighted by atomic mass is 10.0. The summed E-state index contributed by atoms with van der Waals surface area (Å²) in [5.74, 6) is -0.493. The van der Waals surface area contributed by atoms with Crippen LogP contribution in [0.3, 0.4) is 0 Å². The third kappa shape index (κ3) is 5.24. The molecule has 0 saturated carbocycles. The molecule has 1 saturated heterocycles. The van der Waals surface area contributed by atoms with E-state index in [0.717, 1.165) is 53.0 Å². The summed E-state index contributed by atoms with van der Waals surface area (Å²) in [4.78, 5) is 21.3. The smallest absolute Gasteiger partial charge is 0.381 e. The van der Waals surface area contributed by atoms with Crippen molar-refractivity contribution in [1.29, 1.82) is 0 Å². The van der Waals surface area contributed by atoms with Gasteiger partial charge in [0.1, 0.15) is 5.69 Å². The average Bonchev–Trinajstić information content (AvgIpc) is 3.25. The molecule has 1 aliphatic rings. The number of fused-ring (bicyclic) bond motifs is 1. The van der Waals surface area contributed by atoms with E-state index >= 15 is 0 Å². The maximum Gasteiger partial charge on any atom is 0.433 e. The number of nitrogens with zero attached hydrogens (tertiary/aromatic N) is 4. The summed E-state index contributed by atoms with van der Waals surface area (Å²) >= 11 is 0. The Morgan fingerprint density at radius 2 is 1.94 bits per heavy atom. The summed E-state index contributed by atoms with van der Waals surface area (Å²) in [5, 5.41) is 11.8. The second-order valence-electron chi connectivity index (χ2n) is 8.50. The maximum atomic E-state index is 13.0. The first kappa shape index (κ1) is 24.9. The van der Waals surface area contributed by atoms with E-state index in [9.17, 15) is 18.0 Å². The Bertz CT molecular complexity index is 1220. The van der Waals surface area contributed by atoms with Crippen molar-refractivity contribution in [3.8, 4) is 0 Å². The van der Waals surface area contributed by atoms with Crippen LogP contribution in [0.4, 0.5) is 18.9 Å². The molecule has 8 nitrogen and oxygen atoms in total. The first-order valence-corrected chi connectivity index (χ1v) is 11.8. The van der Waals surface area contributed by atoms with E-state index in [0.29, 0.717) is 26.2 Å². The van der Waals surface area contributed by atoms with E-state index < -0.39 is 17.8 Å². The Morgan fingerprint density at radius 3 is 2.57 bits per heavy atom. The van der Waals surface area contributed by atoms with Gasteiger partial charge in [-0.3, -0.25) is 4.79 Å². The van der Waals surface area contributed by atoms with Crippen LogP contribution in [0.15, 0.2) is 18.3 Å². The van der Waals surface area contributed by atoms with Gasteiger partial charge in [0.05, 0.1) is 28.5 Å². The number of amides is 1. The predicted octanol–water partition coefficient (Wildman–Crippen LogP) is 4.26. The Labute approximate surface area is 201 Å². The van der Waals surface area contributed by atoms with Crippen molar-refractivity contribution in [2.24, 2.45) is 0 Å². The fourth-order valence-corrected chi connectivity index (χ4v) is 4.32. The Balaban J connectivity index is 1.66. The van der Waals surface area contributed by atoms with Crippen LogP contribution < -0.4 is 10.6 Å². The standard InChI is InChI=1S/C24H29F3N6O2/c1-4-19-17(12-28-23(34)16-6-7-20(24(25,26)27)30-14(16)3)21(31-15-8-10-35-11-9-15)18-13-29-33(5-2)22(18)32-19/h6-7,13,15H,4-5,8-12H2,1-3H3,(H,28,34)(H,31,32). The number of halogens is 3. The molecular weight excluding hydrogens is 461 g/mol. The number of hydrogen-bond acceptors (Lipinski definition) is 6. The minimum Gasteiger partial charge on any atom is -0.381 e. The zero-order valence-corrected chi connectivity index (χ0v) is 20.0. The Kier molecular flexibility index (Phi) is 7.25. The van der Waals surface area contributed by atoms with Crippen LogP contribution in [0.25, 0.3) is 11.0 Å². The third-order valence-electron chi connectivity index (χ3n) is 6.22. The topological polar surface area (TPSA) is 94.0 Å². The Hall–Kier alpha value is -3.21. The van der Waals surface area contributed by atoms with E-state index in [1.54, 1.807) is 6.20 Å². The van der Waals surface area contributed by atoms with E-state index in [4.69, 9.17) is 9.72 Å². The lowest BCUT2D eigenvalue weighted by Gasteiger charge is -2.26. The summed E-state index contributed by atoms with van der Waals surface area (Å²) in [6.45, 7) is 7.57. The summed E-state index contributed by atoms with van der Waals surface area (Å²) in [5.41, 5.74) is 2.41. The summed E-state index contributed by atoms with van der Waals surface area (Å²) in [7, 11) is 0. The number of hydrogen-bond donors (Lipinski definition) is 2. The van der Waals surface area contributed by atoms with Gasteiger partial charge in [0.15, 0.2) is 5.65 Å². The molecule has 0 unspecified atom stereocenters. The number of aromatic nitrogens is 4. The fourth-order valence-electron chi connectivity index (χ4n) is 4.32. The summed E-state index contributed by atoms with van der Waals surface area (Å²) in [6, 6.07) is 2.19. The number of nitrogens with one attached hydrogen (secondary N) is 2. The van der Waals surface area contributed by atoms with Crippen LogP contribution in [0.2, 0.25) is 0 Å². The van der Waals surface area contributed by atoms with Crippen LogP contribution in [-0.4, -0.2) is 44.9 Å². The van der Waals surface area contributed by atoms with E-state index in [-0.39, 0.29) is 23.8 Å². The molecule has 4 rings (SSSR count). The zero-order chi connectivity index (χ0) is 25.2. The molecule has 3 aromatic heterocycles. The van der Waals surface area contributed by atoms with Gasteiger partial charge in [-0.15, -0.1) is 0 Å². The summed E-state index contributed by atoms with van der Waals surface area (Å²) < 4.78 is 46.2. The van der Waals surface area contributed by atoms with E-state index in [2.05, 4.69) is 20.7 Å². The van der Waals surface area contributed by atoms with Crippen molar-refractivity contribution in [2.45, 2.75) is 65.3 Å². The van der Waals surface area contributed by atoms with Gasteiger partial charge in [0, 0.05) is 43.6 Å². The largest absolute Gasteiger partial charge is 0.433 e. The normalized spacial score (nSPS) is 14.9. The number of alkyl halides is 3. The second kappa shape index (κ2) is 10.2. The second-order valence-corrected chi connectivity index (χ2v) is 8.50. The third-order valence-corrected chi connectivity index (χ3v) is 6.22. The van der Waals surface area contributed by atoms with Crippen LogP contribution in [0.5, 0.6) is 0 Å². The number of carbonyl (C=O) groups is 1. The molecule has 4 heterocycles. The lowest BCUT2D eigenvalue weighted by Crippen LogP contribution is -2.30. The molecule has 188 valence electrons. The van der Waals surface area contributed by atoms with E-state index in [1.165, 1.54) is 6.92 Å². The van der Waals surface area contributed by atoms with Gasteiger partial charge >= 0.3 is 6.18 Å². The number of ether oxygens (including phenoxy) is 1. The number of anilines is 1. The molecular formula is C24H29F3N6O2. The molecule has 35 heavy (non-hydrogen) atoms. The van der Waals surface area contributed by atoms with Crippen molar-refractivity contribution in [2.75, 3.05) is 18.5 Å². The molecule has 1 fully saturated rings. The van der Waals surface area contributed by atoms with Crippen LogP contribution in [0.1, 0.15) is 59.7 Å². The predicted molar refractivity (Wildman–Crippen MR) is 125 cm³/mol. The molecule has 0 aliphatic carbocycles. The number of carbonyl (C=O) groups excluding carboxylic acids is 1. The highest BCUT2D eigenvalue weighted by Crippen LogP contribution is 2.32. The molecule has 0 radical (unpaired) electrons. The molecule has 2 N–H and O–H groups in total. The minimum absolute atomic E-state index is 0.0198. The molecule has 11 heteroatoms. The SMILES string of the molecule is CCc1nc2c(cnn2CC)c(NC2CCOCC2)c1CNC(=O)c1ccc(C(F)(F)F)nc1C. The molecule has 3 aromatic rings. The van der Waals surface area contributed by atoms with Crippen LogP contribution in [0, 0.1) is 6.92 Å². The van der Waals surface area contributed by atoms with Gasteiger partial charge in [0.2, 0.25) is 0 Å². The highest BCUT2D eigenvalue weighted by Gasteiger charge is 2.33. The van der Waals surface area contributed by atoms with Crippen LogP contribution in [-0.2, 0) is 30.4 Å². The van der Waals surface area contributed by atoms with Crippen molar-refractivity contribution < 1.29 is 22.7 Å². The van der Waals surface area contributed by atoms with Gasteiger partial charge < -0.3 is 15.4 Å². The highest BCUT2D eigenvalue weighted by molar-refractivity contribution is 5.96. The molecule has 1 amide bonds. The van der Waals surface area contributed by atoms with Crippen molar-refractivity contribution in [3.05, 3.63) is 46.5 Å². The summed E-state index contributed by atoms with van der Waals surface area (Å²) in [6.07, 6.45) is -0.434. The zero-order valence-electron chi connectivity index (χ0n) is 20.0. The number of aryl methyl sites for hydroxylation is 3.